The first-order valence-electron chi connectivity index (χ1n) is 11.3. The number of para-hydroxylation sites is 2. The van der Waals surface area contributed by atoms with Crippen LogP contribution in [0, 0.1) is 0 Å². The van der Waals surface area contributed by atoms with E-state index in [0.29, 0.717) is 36.1 Å². The number of imidazole rings is 1. The molecule has 0 amide bonds. The Morgan fingerprint density at radius 2 is 1.78 bits per heavy atom. The molecule has 0 spiro atoms. The summed E-state index contributed by atoms with van der Waals surface area (Å²) in [5.74, 6) is 0.0738. The van der Waals surface area contributed by atoms with Crippen molar-refractivity contribution >= 4 is 41.8 Å². The SMILES string of the molecule is Nc1nc2ccccc2n1CCOc1cccc(-c2ccc(=O)n(Cc3cccc(C(=O)O)c3)n2)c1.[LiH]. The molecule has 0 unspecified atom stereocenters. The van der Waals surface area contributed by atoms with Gasteiger partial charge in [0.25, 0.3) is 5.56 Å². The minimum atomic E-state index is -1.02. The molecule has 9 nitrogen and oxygen atoms in total. The van der Waals surface area contributed by atoms with Crippen LogP contribution in [-0.4, -0.2) is 55.9 Å². The maximum atomic E-state index is 12.4. The van der Waals surface area contributed by atoms with Gasteiger partial charge in [0.05, 0.1) is 35.4 Å². The van der Waals surface area contributed by atoms with Gasteiger partial charge in [-0.1, -0.05) is 36.4 Å². The second kappa shape index (κ2) is 11.2. The third-order valence-corrected chi connectivity index (χ3v) is 5.77. The first kappa shape index (κ1) is 25.8. The molecule has 0 bridgehead atoms. The summed E-state index contributed by atoms with van der Waals surface area (Å²) in [7, 11) is 0. The van der Waals surface area contributed by atoms with Gasteiger partial charge < -0.3 is 20.1 Å². The molecule has 2 heterocycles. The number of anilines is 1. The Hall–Kier alpha value is -4.32. The molecule has 0 radical (unpaired) electrons. The monoisotopic (exact) mass is 489 g/mol. The van der Waals surface area contributed by atoms with Crippen LogP contribution in [0.1, 0.15) is 15.9 Å². The van der Waals surface area contributed by atoms with Crippen molar-refractivity contribution in [1.29, 1.82) is 0 Å². The molecular formula is C27H24LiN5O4. The third kappa shape index (κ3) is 5.75. The second-order valence-corrected chi connectivity index (χ2v) is 8.21. The summed E-state index contributed by atoms with van der Waals surface area (Å²) in [5.41, 5.74) is 9.79. The number of fused-ring (bicyclic) bond motifs is 1. The van der Waals surface area contributed by atoms with Crippen LogP contribution in [0.5, 0.6) is 5.75 Å². The Balaban J connectivity index is 0.00000320. The van der Waals surface area contributed by atoms with Crippen molar-refractivity contribution in [2.45, 2.75) is 13.1 Å². The van der Waals surface area contributed by atoms with Gasteiger partial charge in [0.15, 0.2) is 0 Å². The van der Waals surface area contributed by atoms with E-state index in [1.165, 1.54) is 22.9 Å². The van der Waals surface area contributed by atoms with E-state index in [9.17, 15) is 14.7 Å². The summed E-state index contributed by atoms with van der Waals surface area (Å²) >= 11 is 0. The zero-order chi connectivity index (χ0) is 25.1. The molecule has 0 atom stereocenters. The van der Waals surface area contributed by atoms with Crippen LogP contribution >= 0.6 is 0 Å². The van der Waals surface area contributed by atoms with Crippen molar-refractivity contribution in [3.8, 4) is 17.0 Å². The van der Waals surface area contributed by atoms with Gasteiger partial charge in [-0.05, 0) is 48.0 Å². The van der Waals surface area contributed by atoms with E-state index >= 15 is 0 Å². The molecule has 3 N–H and O–H groups in total. The predicted molar refractivity (Wildman–Crippen MR) is 143 cm³/mol. The fourth-order valence-electron chi connectivity index (χ4n) is 4.02. The van der Waals surface area contributed by atoms with Crippen LogP contribution in [0.15, 0.2) is 89.7 Å². The van der Waals surface area contributed by atoms with Crippen molar-refractivity contribution < 1.29 is 14.6 Å². The van der Waals surface area contributed by atoms with E-state index in [0.717, 1.165) is 16.6 Å². The number of carbonyl (C=O) groups is 1. The molecule has 5 rings (SSSR count). The van der Waals surface area contributed by atoms with Gasteiger partial charge in [-0.15, -0.1) is 0 Å². The number of benzene rings is 3. The Morgan fingerprint density at radius 3 is 2.62 bits per heavy atom. The number of hydrogen-bond donors (Lipinski definition) is 2. The standard InChI is InChI=1S/C27H23N5O4.Li.H/c28-27-29-23-9-1-2-10-24(23)31(27)13-14-36-21-8-4-6-19(16-21)22-11-12-25(33)32(30-22)17-18-5-3-7-20(15-18)26(34)35;;/h1-12,15-16H,13-14,17H2,(H2,28,29)(H,34,35);;. The van der Waals surface area contributed by atoms with Gasteiger partial charge in [-0.25, -0.2) is 14.5 Å². The van der Waals surface area contributed by atoms with E-state index in [-0.39, 0.29) is 36.5 Å². The molecule has 0 saturated carbocycles. The number of aromatic nitrogens is 4. The Labute approximate surface area is 224 Å². The van der Waals surface area contributed by atoms with Gasteiger partial charge in [0.2, 0.25) is 5.95 Å². The zero-order valence-corrected chi connectivity index (χ0v) is 19.2. The average molecular weight is 489 g/mol. The van der Waals surface area contributed by atoms with Crippen molar-refractivity contribution in [3.63, 3.8) is 0 Å². The number of nitrogens with zero attached hydrogens (tertiary/aromatic N) is 4. The maximum absolute atomic E-state index is 12.4. The molecule has 182 valence electrons. The Morgan fingerprint density at radius 1 is 0.973 bits per heavy atom. The van der Waals surface area contributed by atoms with Crippen molar-refractivity contribution in [2.75, 3.05) is 12.3 Å². The Bertz CT molecular complexity index is 1630. The third-order valence-electron chi connectivity index (χ3n) is 5.77. The number of hydrogen-bond acceptors (Lipinski definition) is 6. The summed E-state index contributed by atoms with van der Waals surface area (Å²) in [6.07, 6.45) is 0. The molecule has 2 aromatic heterocycles. The van der Waals surface area contributed by atoms with Crippen molar-refractivity contribution in [3.05, 3.63) is 106 Å². The summed E-state index contributed by atoms with van der Waals surface area (Å²) in [5, 5.41) is 13.7. The molecule has 0 saturated heterocycles. The number of nitrogens with two attached hydrogens (primary N) is 1. The minimum absolute atomic E-state index is 0. The summed E-state index contributed by atoms with van der Waals surface area (Å²) in [6, 6.07) is 24.8. The van der Waals surface area contributed by atoms with Crippen LogP contribution in [0.3, 0.4) is 0 Å². The van der Waals surface area contributed by atoms with Gasteiger partial charge in [-0.2, -0.15) is 5.10 Å². The van der Waals surface area contributed by atoms with E-state index < -0.39 is 5.97 Å². The molecular weight excluding hydrogens is 465 g/mol. The summed E-state index contributed by atoms with van der Waals surface area (Å²) < 4.78 is 9.20. The van der Waals surface area contributed by atoms with Crippen LogP contribution in [0.4, 0.5) is 5.95 Å². The number of aromatic carboxylic acids is 1. The topological polar surface area (TPSA) is 125 Å². The van der Waals surface area contributed by atoms with E-state index in [4.69, 9.17) is 10.5 Å². The Kier molecular flexibility index (Phi) is 7.77. The molecule has 0 aliphatic carbocycles. The summed E-state index contributed by atoms with van der Waals surface area (Å²) in [4.78, 5) is 28.0. The first-order chi connectivity index (χ1) is 17.5. The van der Waals surface area contributed by atoms with E-state index in [1.54, 1.807) is 18.2 Å². The second-order valence-electron chi connectivity index (χ2n) is 8.21. The fourth-order valence-corrected chi connectivity index (χ4v) is 4.02. The molecule has 37 heavy (non-hydrogen) atoms. The molecule has 10 heteroatoms. The van der Waals surface area contributed by atoms with Crippen LogP contribution in [0.25, 0.3) is 22.3 Å². The van der Waals surface area contributed by atoms with Gasteiger partial charge in [0.1, 0.15) is 12.4 Å². The normalized spacial score (nSPS) is 10.7. The van der Waals surface area contributed by atoms with Gasteiger partial charge in [-0.3, -0.25) is 4.79 Å². The van der Waals surface area contributed by atoms with E-state index in [2.05, 4.69) is 10.1 Å². The van der Waals surface area contributed by atoms with Crippen molar-refractivity contribution in [2.24, 2.45) is 0 Å². The van der Waals surface area contributed by atoms with E-state index in [1.807, 2.05) is 53.1 Å². The fraction of sp³-hybridized carbons (Fsp3) is 0.111. The zero-order valence-electron chi connectivity index (χ0n) is 19.2. The number of carboxylic acid groups (broad SMARTS) is 1. The molecule has 5 aromatic rings. The molecule has 0 aliphatic rings. The number of nitrogen functional groups attached to an aromatic ring is 1. The van der Waals surface area contributed by atoms with Gasteiger partial charge in [0, 0.05) is 11.6 Å². The van der Waals surface area contributed by atoms with Crippen LogP contribution < -0.4 is 16.0 Å². The molecule has 0 aliphatic heterocycles. The number of ether oxygens (including phenoxy) is 1. The quantitative estimate of drug-likeness (QED) is 0.321. The average Bonchev–Trinajstić information content (AvgIpc) is 3.20. The van der Waals surface area contributed by atoms with Gasteiger partial charge >= 0.3 is 24.8 Å². The number of rotatable bonds is 8. The van der Waals surface area contributed by atoms with Crippen LogP contribution in [-0.2, 0) is 13.1 Å². The number of carboxylic acids is 1. The van der Waals surface area contributed by atoms with Crippen molar-refractivity contribution in [1.82, 2.24) is 19.3 Å². The predicted octanol–water partition coefficient (Wildman–Crippen LogP) is 3.02. The summed E-state index contributed by atoms with van der Waals surface area (Å²) in [6.45, 7) is 1.08. The molecule has 0 fully saturated rings. The molecule has 3 aromatic carbocycles. The van der Waals surface area contributed by atoms with Crippen LogP contribution in [0.2, 0.25) is 0 Å². The first-order valence-corrected chi connectivity index (χ1v) is 11.3.